The summed E-state index contributed by atoms with van der Waals surface area (Å²) in [7, 11) is 0. The third kappa shape index (κ3) is 12.1. The van der Waals surface area contributed by atoms with Crippen LogP contribution in [0, 0.1) is 11.3 Å². The first-order chi connectivity index (χ1) is 13.6. The Kier molecular flexibility index (Phi) is 15.9. The molecule has 0 heterocycles. The number of ether oxygens (including phenoxy) is 1. The van der Waals surface area contributed by atoms with E-state index in [0.29, 0.717) is 18.1 Å². The number of nitrogens with one attached hydrogen (secondary N) is 1. The van der Waals surface area contributed by atoms with Crippen molar-refractivity contribution < 1.29 is 9.53 Å². The van der Waals surface area contributed by atoms with E-state index in [4.69, 9.17) is 4.74 Å². The molecule has 1 N–H and O–H groups in total. The summed E-state index contributed by atoms with van der Waals surface area (Å²) in [6.45, 7) is 23.6. The smallest absolute Gasteiger partial charge is 0.251 e. The molecule has 0 bridgehead atoms. The van der Waals surface area contributed by atoms with Crippen LogP contribution in [-0.4, -0.2) is 24.2 Å². The summed E-state index contributed by atoms with van der Waals surface area (Å²) in [5, 5.41) is 3.14. The lowest BCUT2D eigenvalue weighted by atomic mass is 9.79. The highest BCUT2D eigenvalue weighted by Gasteiger charge is 2.25. The van der Waals surface area contributed by atoms with Gasteiger partial charge in [-0.05, 0) is 45.6 Å². The molecular weight excluding hydrogens is 358 g/mol. The normalized spacial score (nSPS) is 19.2. The lowest BCUT2D eigenvalue weighted by Gasteiger charge is -2.27. The Bertz CT molecular complexity index is 529. The molecular formula is C26H49NO2. The second-order valence-corrected chi connectivity index (χ2v) is 8.39. The van der Waals surface area contributed by atoms with E-state index in [1.807, 2.05) is 59.8 Å². The second-order valence-electron chi connectivity index (χ2n) is 8.39. The molecule has 1 aliphatic rings. The first-order valence-electron chi connectivity index (χ1n) is 11.6. The van der Waals surface area contributed by atoms with Gasteiger partial charge < -0.3 is 10.1 Å². The van der Waals surface area contributed by atoms with Gasteiger partial charge in [0.15, 0.2) is 0 Å². The molecule has 0 saturated carbocycles. The fourth-order valence-electron chi connectivity index (χ4n) is 2.72. The Morgan fingerprint density at radius 1 is 1.14 bits per heavy atom. The van der Waals surface area contributed by atoms with Gasteiger partial charge in [0.25, 0.3) is 5.91 Å². The summed E-state index contributed by atoms with van der Waals surface area (Å²) in [4.78, 5) is 12.6. The van der Waals surface area contributed by atoms with E-state index < -0.39 is 0 Å². The number of allylic oxidation sites excluding steroid dienone is 4. The number of carbonyl (C=O) groups is 1. The van der Waals surface area contributed by atoms with Gasteiger partial charge in [-0.2, -0.15) is 0 Å². The second kappa shape index (κ2) is 15.5. The molecule has 1 aliphatic carbocycles. The SMILES string of the molecule is CC.CC.CCCC(C)OCCC(C)(C)NC(=O)C1=CC=CC(C)(C(C)C)C=C1. The Morgan fingerprint density at radius 3 is 2.24 bits per heavy atom. The molecule has 3 heteroatoms. The Labute approximate surface area is 182 Å². The van der Waals surface area contributed by atoms with Crippen LogP contribution < -0.4 is 5.32 Å². The third-order valence-corrected chi connectivity index (χ3v) is 5.14. The van der Waals surface area contributed by atoms with Gasteiger partial charge in [0.1, 0.15) is 0 Å². The predicted molar refractivity (Wildman–Crippen MR) is 129 cm³/mol. The Hall–Kier alpha value is -1.35. The molecule has 0 spiro atoms. The van der Waals surface area contributed by atoms with E-state index in [-0.39, 0.29) is 23.0 Å². The maximum Gasteiger partial charge on any atom is 0.251 e. The molecule has 1 amide bonds. The minimum Gasteiger partial charge on any atom is -0.378 e. The van der Waals surface area contributed by atoms with Crippen LogP contribution in [0.5, 0.6) is 0 Å². The molecule has 2 atom stereocenters. The van der Waals surface area contributed by atoms with Crippen LogP contribution in [0.4, 0.5) is 0 Å². The number of rotatable bonds is 9. The minimum absolute atomic E-state index is 0.0166. The number of hydrogen-bond donors (Lipinski definition) is 1. The maximum atomic E-state index is 12.6. The van der Waals surface area contributed by atoms with Gasteiger partial charge in [-0.1, -0.05) is 86.1 Å². The largest absolute Gasteiger partial charge is 0.378 e. The zero-order chi connectivity index (χ0) is 23.1. The van der Waals surface area contributed by atoms with Gasteiger partial charge in [0.2, 0.25) is 0 Å². The van der Waals surface area contributed by atoms with Gasteiger partial charge >= 0.3 is 0 Å². The van der Waals surface area contributed by atoms with Gasteiger partial charge in [-0.25, -0.2) is 0 Å². The average Bonchev–Trinajstić information content (AvgIpc) is 2.87. The molecule has 29 heavy (non-hydrogen) atoms. The van der Waals surface area contributed by atoms with Crippen molar-refractivity contribution in [2.75, 3.05) is 6.61 Å². The van der Waals surface area contributed by atoms with Gasteiger partial charge in [-0.15, -0.1) is 0 Å². The van der Waals surface area contributed by atoms with Gasteiger partial charge in [-0.3, -0.25) is 4.79 Å². The van der Waals surface area contributed by atoms with Crippen LogP contribution in [0.15, 0.2) is 36.0 Å². The third-order valence-electron chi connectivity index (χ3n) is 5.14. The topological polar surface area (TPSA) is 38.3 Å². The molecule has 3 nitrogen and oxygen atoms in total. The molecule has 1 rings (SSSR count). The lowest BCUT2D eigenvalue weighted by molar-refractivity contribution is -0.118. The van der Waals surface area contributed by atoms with E-state index in [0.717, 1.165) is 19.3 Å². The standard InChI is InChI=1S/C22H37NO2.2C2H6/c1-8-10-18(4)25-16-15-21(5,6)23-20(24)19-11-9-13-22(7,14-12-19)17(2)3;2*1-2/h9,11-14,17-18H,8,10,15-16H2,1-7H3,(H,23,24);2*1-2H3. The minimum atomic E-state index is -0.297. The zero-order valence-electron chi connectivity index (χ0n) is 21.2. The van der Waals surface area contributed by atoms with Crippen molar-refractivity contribution in [1.29, 1.82) is 0 Å². The summed E-state index contributed by atoms with van der Waals surface area (Å²) < 4.78 is 5.83. The lowest BCUT2D eigenvalue weighted by Crippen LogP contribution is -2.44. The predicted octanol–water partition coefficient (Wildman–Crippen LogP) is 7.24. The fraction of sp³-hybridized carbons (Fsp3) is 0.731. The number of hydrogen-bond acceptors (Lipinski definition) is 2. The van der Waals surface area contributed by atoms with Crippen LogP contribution in [0.2, 0.25) is 0 Å². The summed E-state index contributed by atoms with van der Waals surface area (Å²) in [5.74, 6) is 0.454. The molecule has 0 saturated heterocycles. The van der Waals surface area contributed by atoms with Crippen molar-refractivity contribution in [2.45, 2.75) is 107 Å². The highest BCUT2D eigenvalue weighted by atomic mass is 16.5. The molecule has 0 radical (unpaired) electrons. The molecule has 0 aromatic carbocycles. The summed E-state index contributed by atoms with van der Waals surface area (Å²) in [6.07, 6.45) is 13.4. The van der Waals surface area contributed by atoms with E-state index in [1.54, 1.807) is 0 Å². The van der Waals surface area contributed by atoms with Crippen molar-refractivity contribution >= 4 is 5.91 Å². The van der Waals surface area contributed by atoms with Crippen LogP contribution in [0.1, 0.15) is 95.4 Å². The molecule has 0 fully saturated rings. The zero-order valence-corrected chi connectivity index (χ0v) is 21.2. The number of amides is 1. The summed E-state index contributed by atoms with van der Waals surface area (Å²) in [6, 6.07) is 0. The van der Waals surface area contributed by atoms with Crippen molar-refractivity contribution in [3.8, 4) is 0 Å². The van der Waals surface area contributed by atoms with E-state index in [2.05, 4.69) is 52.1 Å². The first kappa shape index (κ1) is 29.8. The van der Waals surface area contributed by atoms with Crippen LogP contribution in [0.3, 0.4) is 0 Å². The first-order valence-corrected chi connectivity index (χ1v) is 11.6. The monoisotopic (exact) mass is 407 g/mol. The van der Waals surface area contributed by atoms with Crippen molar-refractivity contribution in [2.24, 2.45) is 11.3 Å². The van der Waals surface area contributed by atoms with Gasteiger partial charge in [0, 0.05) is 23.1 Å². The molecule has 2 unspecified atom stereocenters. The van der Waals surface area contributed by atoms with E-state index in [9.17, 15) is 4.79 Å². The van der Waals surface area contributed by atoms with Crippen molar-refractivity contribution in [1.82, 2.24) is 5.32 Å². The van der Waals surface area contributed by atoms with Crippen LogP contribution in [-0.2, 0) is 9.53 Å². The Balaban J connectivity index is 0. The molecule has 0 aromatic heterocycles. The highest BCUT2D eigenvalue weighted by Crippen LogP contribution is 2.32. The van der Waals surface area contributed by atoms with Gasteiger partial charge in [0.05, 0.1) is 6.10 Å². The van der Waals surface area contributed by atoms with E-state index >= 15 is 0 Å². The number of carbonyl (C=O) groups excluding carboxylic acids is 1. The molecule has 170 valence electrons. The summed E-state index contributed by atoms with van der Waals surface area (Å²) >= 11 is 0. The maximum absolute atomic E-state index is 12.6. The molecule has 0 aromatic rings. The summed E-state index contributed by atoms with van der Waals surface area (Å²) in [5.41, 5.74) is 0.390. The quantitative estimate of drug-likeness (QED) is 0.437. The van der Waals surface area contributed by atoms with E-state index in [1.165, 1.54) is 0 Å². The average molecular weight is 408 g/mol. The van der Waals surface area contributed by atoms with Crippen molar-refractivity contribution in [3.63, 3.8) is 0 Å². The fourth-order valence-corrected chi connectivity index (χ4v) is 2.72. The van der Waals surface area contributed by atoms with Crippen LogP contribution >= 0.6 is 0 Å². The van der Waals surface area contributed by atoms with Crippen LogP contribution in [0.25, 0.3) is 0 Å². The Morgan fingerprint density at radius 2 is 1.72 bits per heavy atom. The van der Waals surface area contributed by atoms with Crippen molar-refractivity contribution in [3.05, 3.63) is 36.0 Å². The highest BCUT2D eigenvalue weighted by molar-refractivity contribution is 5.97. The molecule has 0 aliphatic heterocycles.